The number of hydrogen-bond acceptors (Lipinski definition) is 4. The predicted molar refractivity (Wildman–Crippen MR) is 135 cm³/mol. The second-order valence-corrected chi connectivity index (χ2v) is 10.4. The maximum absolute atomic E-state index is 13.6. The number of sulfonamides is 1. The average Bonchev–Trinajstić information content (AvgIpc) is 2.83. The van der Waals surface area contributed by atoms with Crippen molar-refractivity contribution in [1.82, 2.24) is 5.32 Å². The monoisotopic (exact) mass is 498 g/mol. The normalized spacial score (nSPS) is 12.3. The van der Waals surface area contributed by atoms with Crippen LogP contribution >= 0.6 is 0 Å². The van der Waals surface area contributed by atoms with Gasteiger partial charge in [0.15, 0.2) is 0 Å². The fourth-order valence-corrected chi connectivity index (χ4v) is 5.15. The van der Waals surface area contributed by atoms with Crippen molar-refractivity contribution < 1.29 is 22.3 Å². The highest BCUT2D eigenvalue weighted by molar-refractivity contribution is 7.92. The molecule has 0 saturated heterocycles. The Bertz CT molecular complexity index is 1200. The Kier molecular flexibility index (Phi) is 8.87. The number of carbonyl (C=O) groups is 1. The van der Waals surface area contributed by atoms with Gasteiger partial charge in [0.05, 0.1) is 23.2 Å². The summed E-state index contributed by atoms with van der Waals surface area (Å²) in [7, 11) is -4.12. The molecule has 0 aromatic heterocycles. The van der Waals surface area contributed by atoms with Crippen LogP contribution in [0, 0.1) is 11.7 Å². The van der Waals surface area contributed by atoms with Crippen LogP contribution in [0.15, 0.2) is 83.8 Å². The van der Waals surface area contributed by atoms with E-state index in [1.807, 2.05) is 37.3 Å². The molecule has 0 heterocycles. The summed E-state index contributed by atoms with van der Waals surface area (Å²) in [4.78, 5) is 13.2. The molecule has 0 bridgehead atoms. The lowest BCUT2D eigenvalue weighted by atomic mass is 9.97. The highest BCUT2D eigenvalue weighted by Crippen LogP contribution is 2.26. The van der Waals surface area contributed by atoms with Gasteiger partial charge in [-0.2, -0.15) is 0 Å². The van der Waals surface area contributed by atoms with Crippen molar-refractivity contribution in [3.05, 3.63) is 90.2 Å². The third kappa shape index (κ3) is 7.05. The molecule has 3 aromatic carbocycles. The van der Waals surface area contributed by atoms with Crippen LogP contribution in [0.1, 0.15) is 38.8 Å². The van der Waals surface area contributed by atoms with Crippen LogP contribution in [0.5, 0.6) is 5.75 Å². The molecule has 0 fully saturated rings. The minimum Gasteiger partial charge on any atom is -0.494 e. The van der Waals surface area contributed by atoms with Gasteiger partial charge >= 0.3 is 0 Å². The maximum Gasteiger partial charge on any atom is 0.264 e. The third-order valence-electron chi connectivity index (χ3n) is 5.37. The second-order valence-electron chi connectivity index (χ2n) is 8.55. The number of halogens is 1. The minimum absolute atomic E-state index is 0.000122. The van der Waals surface area contributed by atoms with Crippen LogP contribution in [-0.4, -0.2) is 27.5 Å². The molecule has 0 aliphatic rings. The summed E-state index contributed by atoms with van der Waals surface area (Å²) in [6.07, 6.45) is 0.692. The Hall–Kier alpha value is -3.39. The molecule has 0 aliphatic heterocycles. The SMILES string of the molecule is CCOc1ccc(S(=O)(=O)N(CC(=O)N[C@H](CC(C)C)c2ccccc2)c2ccc(F)cc2)cc1. The second kappa shape index (κ2) is 11.8. The van der Waals surface area contributed by atoms with Crippen molar-refractivity contribution in [2.24, 2.45) is 5.92 Å². The highest BCUT2D eigenvalue weighted by Gasteiger charge is 2.28. The summed E-state index contributed by atoms with van der Waals surface area (Å²) in [6, 6.07) is 20.3. The van der Waals surface area contributed by atoms with E-state index in [0.717, 1.165) is 9.87 Å². The van der Waals surface area contributed by atoms with Gasteiger partial charge in [0, 0.05) is 0 Å². The van der Waals surface area contributed by atoms with E-state index in [9.17, 15) is 17.6 Å². The quantitative estimate of drug-likeness (QED) is 0.388. The highest BCUT2D eigenvalue weighted by atomic mass is 32.2. The Labute approximate surface area is 206 Å². The molecule has 0 aliphatic carbocycles. The number of ether oxygens (including phenoxy) is 1. The van der Waals surface area contributed by atoms with Crippen LogP contribution in [-0.2, 0) is 14.8 Å². The first-order chi connectivity index (χ1) is 16.7. The van der Waals surface area contributed by atoms with Crippen LogP contribution in [0.25, 0.3) is 0 Å². The van der Waals surface area contributed by atoms with Gasteiger partial charge in [-0.05, 0) is 73.4 Å². The van der Waals surface area contributed by atoms with E-state index < -0.39 is 28.3 Å². The van der Waals surface area contributed by atoms with E-state index >= 15 is 0 Å². The Morgan fingerprint density at radius 2 is 1.60 bits per heavy atom. The summed E-state index contributed by atoms with van der Waals surface area (Å²) in [5, 5.41) is 2.99. The number of benzene rings is 3. The molecule has 1 atom stereocenters. The lowest BCUT2D eigenvalue weighted by Gasteiger charge is -2.26. The lowest BCUT2D eigenvalue weighted by molar-refractivity contribution is -0.120. The average molecular weight is 499 g/mol. The molecule has 0 radical (unpaired) electrons. The van der Waals surface area contributed by atoms with Crippen molar-refractivity contribution in [1.29, 1.82) is 0 Å². The third-order valence-corrected chi connectivity index (χ3v) is 7.16. The van der Waals surface area contributed by atoms with Gasteiger partial charge in [0.1, 0.15) is 18.1 Å². The van der Waals surface area contributed by atoms with E-state index in [2.05, 4.69) is 19.2 Å². The molecule has 1 amide bonds. The van der Waals surface area contributed by atoms with E-state index in [1.165, 1.54) is 36.4 Å². The van der Waals surface area contributed by atoms with E-state index in [0.29, 0.717) is 24.7 Å². The van der Waals surface area contributed by atoms with Crippen molar-refractivity contribution in [2.75, 3.05) is 17.5 Å². The van der Waals surface area contributed by atoms with Crippen molar-refractivity contribution in [3.63, 3.8) is 0 Å². The van der Waals surface area contributed by atoms with E-state index in [4.69, 9.17) is 4.74 Å². The van der Waals surface area contributed by atoms with Gasteiger partial charge in [-0.15, -0.1) is 0 Å². The van der Waals surface area contributed by atoms with Gasteiger partial charge in [-0.1, -0.05) is 44.2 Å². The molecule has 0 saturated carbocycles. The summed E-state index contributed by atoms with van der Waals surface area (Å²) in [5.74, 6) is -0.116. The smallest absolute Gasteiger partial charge is 0.264 e. The zero-order chi connectivity index (χ0) is 25.4. The number of nitrogens with zero attached hydrogens (tertiary/aromatic N) is 1. The standard InChI is InChI=1S/C27H31FN2O4S/c1-4-34-24-14-16-25(17-15-24)35(32,33)30(23-12-10-22(28)11-13-23)19-27(31)29-26(18-20(2)3)21-8-6-5-7-9-21/h5-17,20,26H,4,18-19H2,1-3H3,(H,29,31)/t26-/m1/s1. The molecule has 35 heavy (non-hydrogen) atoms. The first-order valence-electron chi connectivity index (χ1n) is 11.6. The molecule has 0 spiro atoms. The minimum atomic E-state index is -4.12. The summed E-state index contributed by atoms with van der Waals surface area (Å²) in [6.45, 7) is 5.95. The number of rotatable bonds is 11. The van der Waals surface area contributed by atoms with Gasteiger partial charge in [0.2, 0.25) is 5.91 Å². The molecule has 0 unspecified atom stereocenters. The first kappa shape index (κ1) is 26.2. The van der Waals surface area contributed by atoms with Gasteiger partial charge in [-0.3, -0.25) is 9.10 Å². The molecule has 3 rings (SSSR count). The van der Waals surface area contributed by atoms with Gasteiger partial charge in [-0.25, -0.2) is 12.8 Å². The molecule has 6 nitrogen and oxygen atoms in total. The molecular weight excluding hydrogens is 467 g/mol. The fraction of sp³-hybridized carbons (Fsp3) is 0.296. The van der Waals surface area contributed by atoms with Crippen LogP contribution < -0.4 is 14.4 Å². The summed E-state index contributed by atoms with van der Waals surface area (Å²) >= 11 is 0. The molecule has 3 aromatic rings. The largest absolute Gasteiger partial charge is 0.494 e. The van der Waals surface area contributed by atoms with E-state index in [-0.39, 0.29) is 16.6 Å². The summed E-state index contributed by atoms with van der Waals surface area (Å²) < 4.78 is 47.1. The zero-order valence-corrected chi connectivity index (χ0v) is 21.0. The first-order valence-corrected chi connectivity index (χ1v) is 13.0. The maximum atomic E-state index is 13.6. The summed E-state index contributed by atoms with van der Waals surface area (Å²) in [5.41, 5.74) is 1.13. The van der Waals surface area contributed by atoms with E-state index in [1.54, 1.807) is 12.1 Å². The Balaban J connectivity index is 1.90. The van der Waals surface area contributed by atoms with Crippen molar-refractivity contribution in [2.45, 2.75) is 38.1 Å². The molecule has 186 valence electrons. The van der Waals surface area contributed by atoms with Crippen molar-refractivity contribution >= 4 is 21.6 Å². The number of anilines is 1. The number of nitrogens with one attached hydrogen (secondary N) is 1. The fourth-order valence-electron chi connectivity index (χ4n) is 3.73. The van der Waals surface area contributed by atoms with Gasteiger partial charge in [0.25, 0.3) is 10.0 Å². The number of amides is 1. The van der Waals surface area contributed by atoms with Crippen molar-refractivity contribution in [3.8, 4) is 5.75 Å². The predicted octanol–water partition coefficient (Wildman–Crippen LogP) is 5.32. The molecule has 8 heteroatoms. The van der Waals surface area contributed by atoms with Crippen LogP contribution in [0.2, 0.25) is 0 Å². The van der Waals surface area contributed by atoms with Crippen LogP contribution in [0.4, 0.5) is 10.1 Å². The van der Waals surface area contributed by atoms with Crippen LogP contribution in [0.3, 0.4) is 0 Å². The Morgan fingerprint density at radius 3 is 2.17 bits per heavy atom. The lowest BCUT2D eigenvalue weighted by Crippen LogP contribution is -2.42. The molecule has 1 N–H and O–H groups in total. The Morgan fingerprint density at radius 1 is 0.971 bits per heavy atom. The number of carbonyl (C=O) groups excluding carboxylic acids is 1. The van der Waals surface area contributed by atoms with Gasteiger partial charge < -0.3 is 10.1 Å². The topological polar surface area (TPSA) is 75.7 Å². The number of hydrogen-bond donors (Lipinski definition) is 1. The molecular formula is C27H31FN2O4S. The zero-order valence-electron chi connectivity index (χ0n) is 20.1.